The van der Waals surface area contributed by atoms with Gasteiger partial charge in [-0.05, 0) is 46.3 Å². The Morgan fingerprint density at radius 2 is 2.28 bits per heavy atom. The zero-order valence-electron chi connectivity index (χ0n) is 10.9. The van der Waals surface area contributed by atoms with E-state index in [0.717, 1.165) is 24.9 Å². The van der Waals surface area contributed by atoms with E-state index in [1.54, 1.807) is 6.20 Å². The lowest BCUT2D eigenvalue weighted by Crippen LogP contribution is -2.37. The summed E-state index contributed by atoms with van der Waals surface area (Å²) in [5, 5.41) is 2.99. The minimum absolute atomic E-state index is 0.0943. The standard InChI is InChI=1S/C14H19BrN2O/c1-14(2)8-4-3-6-10(14)13(18)17-11-7-5-9-16-12(11)15/h5,7,9-10H,3-4,6,8H2,1-2H3,(H,17,18). The molecular formula is C14H19BrN2O. The normalized spacial score (nSPS) is 22.5. The molecule has 1 amide bonds. The fourth-order valence-electron chi connectivity index (χ4n) is 2.68. The summed E-state index contributed by atoms with van der Waals surface area (Å²) in [6.07, 6.45) is 6.18. The van der Waals surface area contributed by atoms with Crippen LogP contribution in [0.2, 0.25) is 0 Å². The zero-order chi connectivity index (χ0) is 13.2. The third kappa shape index (κ3) is 2.91. The maximum atomic E-state index is 12.4. The molecule has 0 spiro atoms. The Labute approximate surface area is 117 Å². The van der Waals surface area contributed by atoms with Crippen molar-refractivity contribution in [3.8, 4) is 0 Å². The number of hydrogen-bond acceptors (Lipinski definition) is 2. The maximum absolute atomic E-state index is 12.4. The van der Waals surface area contributed by atoms with Crippen molar-refractivity contribution in [3.05, 3.63) is 22.9 Å². The van der Waals surface area contributed by atoms with Crippen LogP contribution >= 0.6 is 15.9 Å². The molecule has 4 heteroatoms. The van der Waals surface area contributed by atoms with E-state index in [0.29, 0.717) is 4.60 Å². The number of carbonyl (C=O) groups excluding carboxylic acids is 1. The molecule has 0 radical (unpaired) electrons. The summed E-state index contributed by atoms with van der Waals surface area (Å²) < 4.78 is 0.687. The van der Waals surface area contributed by atoms with Crippen molar-refractivity contribution in [2.75, 3.05) is 5.32 Å². The first-order chi connectivity index (χ1) is 8.50. The van der Waals surface area contributed by atoms with Crippen molar-refractivity contribution in [1.29, 1.82) is 0 Å². The van der Waals surface area contributed by atoms with Crippen molar-refractivity contribution < 1.29 is 4.79 Å². The monoisotopic (exact) mass is 310 g/mol. The molecule has 18 heavy (non-hydrogen) atoms. The molecule has 1 aliphatic rings. The Balaban J connectivity index is 2.10. The smallest absolute Gasteiger partial charge is 0.228 e. The summed E-state index contributed by atoms with van der Waals surface area (Å²) in [5.41, 5.74) is 0.848. The molecule has 1 atom stereocenters. The zero-order valence-corrected chi connectivity index (χ0v) is 12.5. The first-order valence-corrected chi connectivity index (χ1v) is 7.21. The van der Waals surface area contributed by atoms with Crippen LogP contribution < -0.4 is 5.32 Å². The topological polar surface area (TPSA) is 42.0 Å². The number of amides is 1. The van der Waals surface area contributed by atoms with E-state index >= 15 is 0 Å². The van der Waals surface area contributed by atoms with Crippen molar-refractivity contribution >= 4 is 27.5 Å². The Hall–Kier alpha value is -0.900. The maximum Gasteiger partial charge on any atom is 0.228 e. The number of halogens is 1. The average Bonchev–Trinajstić information content (AvgIpc) is 2.31. The second kappa shape index (κ2) is 5.39. The minimum atomic E-state index is 0.0943. The Bertz CT molecular complexity index is 445. The second-order valence-corrected chi connectivity index (χ2v) is 6.37. The van der Waals surface area contributed by atoms with Gasteiger partial charge in [-0.3, -0.25) is 4.79 Å². The van der Waals surface area contributed by atoms with Gasteiger partial charge in [-0.2, -0.15) is 0 Å². The summed E-state index contributed by atoms with van der Waals surface area (Å²) >= 11 is 3.35. The summed E-state index contributed by atoms with van der Waals surface area (Å²) in [5.74, 6) is 0.215. The predicted molar refractivity (Wildman–Crippen MR) is 76.3 cm³/mol. The molecule has 3 nitrogen and oxygen atoms in total. The van der Waals surface area contributed by atoms with E-state index < -0.39 is 0 Å². The van der Waals surface area contributed by atoms with Crippen LogP contribution in [0.3, 0.4) is 0 Å². The van der Waals surface area contributed by atoms with Gasteiger partial charge in [0.2, 0.25) is 5.91 Å². The van der Waals surface area contributed by atoms with E-state index in [1.165, 1.54) is 6.42 Å². The number of hydrogen-bond donors (Lipinski definition) is 1. The number of aromatic nitrogens is 1. The van der Waals surface area contributed by atoms with Gasteiger partial charge in [0.15, 0.2) is 0 Å². The van der Waals surface area contributed by atoms with Gasteiger partial charge in [0.05, 0.1) is 5.69 Å². The van der Waals surface area contributed by atoms with Gasteiger partial charge < -0.3 is 5.32 Å². The van der Waals surface area contributed by atoms with E-state index in [2.05, 4.69) is 40.1 Å². The van der Waals surface area contributed by atoms with Gasteiger partial charge >= 0.3 is 0 Å². The SMILES string of the molecule is CC1(C)CCCCC1C(=O)Nc1cccnc1Br. The van der Waals surface area contributed by atoms with Crippen LogP contribution in [-0.2, 0) is 4.79 Å². The van der Waals surface area contributed by atoms with Crippen molar-refractivity contribution in [3.63, 3.8) is 0 Å². The van der Waals surface area contributed by atoms with Gasteiger partial charge in [-0.1, -0.05) is 26.7 Å². The van der Waals surface area contributed by atoms with Crippen LogP contribution in [0, 0.1) is 11.3 Å². The lowest BCUT2D eigenvalue weighted by Gasteiger charge is -2.37. The lowest BCUT2D eigenvalue weighted by atomic mass is 9.68. The number of nitrogens with zero attached hydrogens (tertiary/aromatic N) is 1. The average molecular weight is 311 g/mol. The van der Waals surface area contributed by atoms with E-state index in [9.17, 15) is 4.79 Å². The van der Waals surface area contributed by atoms with Crippen LogP contribution in [0.15, 0.2) is 22.9 Å². The first kappa shape index (κ1) is 13.5. The van der Waals surface area contributed by atoms with Gasteiger partial charge in [0, 0.05) is 12.1 Å². The number of rotatable bonds is 2. The fraction of sp³-hybridized carbons (Fsp3) is 0.571. The highest BCUT2D eigenvalue weighted by Crippen LogP contribution is 2.41. The number of anilines is 1. The fourth-order valence-corrected chi connectivity index (χ4v) is 3.03. The van der Waals surface area contributed by atoms with Gasteiger partial charge in [0.1, 0.15) is 4.60 Å². The predicted octanol–water partition coefficient (Wildman–Crippen LogP) is 4.00. The number of pyridine rings is 1. The number of carbonyl (C=O) groups is 1. The Morgan fingerprint density at radius 3 is 2.94 bits per heavy atom. The molecule has 1 fully saturated rings. The van der Waals surface area contributed by atoms with Gasteiger partial charge in [0.25, 0.3) is 0 Å². The Kier molecular flexibility index (Phi) is 4.05. The highest BCUT2D eigenvalue weighted by atomic mass is 79.9. The molecule has 1 heterocycles. The molecule has 1 saturated carbocycles. The van der Waals surface area contributed by atoms with Crippen LogP contribution in [0.25, 0.3) is 0 Å². The molecule has 1 aliphatic carbocycles. The third-order valence-electron chi connectivity index (χ3n) is 3.84. The van der Waals surface area contributed by atoms with E-state index in [4.69, 9.17) is 0 Å². The van der Waals surface area contributed by atoms with Crippen molar-refractivity contribution in [1.82, 2.24) is 4.98 Å². The molecule has 0 aromatic carbocycles. The van der Waals surface area contributed by atoms with E-state index in [1.807, 2.05) is 12.1 Å². The molecule has 1 unspecified atom stereocenters. The summed E-state index contributed by atoms with van der Waals surface area (Å²) in [7, 11) is 0. The van der Waals surface area contributed by atoms with Gasteiger partial charge in [-0.15, -0.1) is 0 Å². The molecule has 1 N–H and O–H groups in total. The quantitative estimate of drug-likeness (QED) is 0.839. The van der Waals surface area contributed by atoms with E-state index in [-0.39, 0.29) is 17.2 Å². The lowest BCUT2D eigenvalue weighted by molar-refractivity contribution is -0.124. The largest absolute Gasteiger partial charge is 0.324 e. The minimum Gasteiger partial charge on any atom is -0.324 e. The second-order valence-electron chi connectivity index (χ2n) is 5.62. The summed E-state index contributed by atoms with van der Waals surface area (Å²) in [6, 6.07) is 3.69. The molecule has 1 aromatic rings. The molecule has 2 rings (SSSR count). The molecule has 0 bridgehead atoms. The molecule has 1 aromatic heterocycles. The molecule has 98 valence electrons. The summed E-state index contributed by atoms with van der Waals surface area (Å²) in [4.78, 5) is 16.5. The number of nitrogens with one attached hydrogen (secondary N) is 1. The first-order valence-electron chi connectivity index (χ1n) is 6.42. The van der Waals surface area contributed by atoms with Crippen LogP contribution in [0.1, 0.15) is 39.5 Å². The molecular weight excluding hydrogens is 292 g/mol. The molecule has 0 saturated heterocycles. The van der Waals surface area contributed by atoms with Crippen molar-refractivity contribution in [2.45, 2.75) is 39.5 Å². The van der Waals surface area contributed by atoms with Crippen LogP contribution in [0.4, 0.5) is 5.69 Å². The van der Waals surface area contributed by atoms with Crippen LogP contribution in [0.5, 0.6) is 0 Å². The van der Waals surface area contributed by atoms with Gasteiger partial charge in [-0.25, -0.2) is 4.98 Å². The molecule has 0 aliphatic heterocycles. The third-order valence-corrected chi connectivity index (χ3v) is 4.47. The summed E-state index contributed by atoms with van der Waals surface area (Å²) in [6.45, 7) is 4.38. The highest BCUT2D eigenvalue weighted by Gasteiger charge is 2.37. The highest BCUT2D eigenvalue weighted by molar-refractivity contribution is 9.10. The Morgan fingerprint density at radius 1 is 1.50 bits per heavy atom. The van der Waals surface area contributed by atoms with Crippen LogP contribution in [-0.4, -0.2) is 10.9 Å². The van der Waals surface area contributed by atoms with Crippen molar-refractivity contribution in [2.24, 2.45) is 11.3 Å².